The zero-order valence-corrected chi connectivity index (χ0v) is 12.8. The summed E-state index contributed by atoms with van der Waals surface area (Å²) in [5.74, 6) is 1.14. The standard InChI is InChI=1S/C14H17BrN4O/c15-10-5-6-12(16)11(9-10)13-17-14(18-20-13)19-7-3-1-2-4-8-19/h5-6,9H,1-4,7-8,16H2. The van der Waals surface area contributed by atoms with Crippen molar-refractivity contribution in [3.8, 4) is 11.5 Å². The number of hydrogen-bond acceptors (Lipinski definition) is 5. The van der Waals surface area contributed by atoms with Gasteiger partial charge in [0.2, 0.25) is 0 Å². The molecule has 5 nitrogen and oxygen atoms in total. The lowest BCUT2D eigenvalue weighted by molar-refractivity contribution is 0.429. The average molecular weight is 337 g/mol. The molecule has 0 radical (unpaired) electrons. The van der Waals surface area contributed by atoms with E-state index in [0.29, 0.717) is 17.5 Å². The Morgan fingerprint density at radius 2 is 1.90 bits per heavy atom. The summed E-state index contributed by atoms with van der Waals surface area (Å²) in [6.07, 6.45) is 4.92. The second-order valence-electron chi connectivity index (χ2n) is 5.03. The van der Waals surface area contributed by atoms with E-state index >= 15 is 0 Å². The van der Waals surface area contributed by atoms with Crippen LogP contribution in [0.1, 0.15) is 25.7 Å². The fourth-order valence-corrected chi connectivity index (χ4v) is 2.80. The van der Waals surface area contributed by atoms with Crippen LogP contribution in [0.5, 0.6) is 0 Å². The summed E-state index contributed by atoms with van der Waals surface area (Å²) in [6, 6.07) is 5.62. The quantitative estimate of drug-likeness (QED) is 0.850. The van der Waals surface area contributed by atoms with Gasteiger partial charge in [-0.2, -0.15) is 4.98 Å². The molecule has 1 fully saturated rings. The highest BCUT2D eigenvalue weighted by molar-refractivity contribution is 9.10. The Hall–Kier alpha value is -1.56. The predicted molar refractivity (Wildman–Crippen MR) is 82.5 cm³/mol. The minimum absolute atomic E-state index is 0.475. The lowest BCUT2D eigenvalue weighted by Gasteiger charge is -2.16. The Morgan fingerprint density at radius 1 is 1.15 bits per heavy atom. The second-order valence-corrected chi connectivity index (χ2v) is 5.95. The van der Waals surface area contributed by atoms with Crippen LogP contribution in [0, 0.1) is 0 Å². The second kappa shape index (κ2) is 5.83. The summed E-state index contributed by atoms with van der Waals surface area (Å²) in [5, 5.41) is 4.10. The Morgan fingerprint density at radius 3 is 2.65 bits per heavy atom. The first kappa shape index (κ1) is 13.4. The third-order valence-corrected chi connectivity index (χ3v) is 4.04. The molecule has 0 saturated carbocycles. The van der Waals surface area contributed by atoms with E-state index in [2.05, 4.69) is 31.0 Å². The highest BCUT2D eigenvalue weighted by Crippen LogP contribution is 2.29. The monoisotopic (exact) mass is 336 g/mol. The molecule has 0 atom stereocenters. The van der Waals surface area contributed by atoms with Crippen molar-refractivity contribution in [1.82, 2.24) is 10.1 Å². The topological polar surface area (TPSA) is 68.2 Å². The van der Waals surface area contributed by atoms with Gasteiger partial charge in [-0.15, -0.1) is 0 Å². The van der Waals surface area contributed by atoms with E-state index in [9.17, 15) is 0 Å². The molecular weight excluding hydrogens is 320 g/mol. The zero-order chi connectivity index (χ0) is 13.9. The van der Waals surface area contributed by atoms with Crippen LogP contribution >= 0.6 is 15.9 Å². The third-order valence-electron chi connectivity index (χ3n) is 3.55. The molecule has 2 N–H and O–H groups in total. The molecule has 0 bridgehead atoms. The predicted octanol–water partition coefficient (Wildman–Crippen LogP) is 3.46. The Balaban J connectivity index is 1.87. The first-order chi connectivity index (χ1) is 9.74. The van der Waals surface area contributed by atoms with Crippen molar-refractivity contribution >= 4 is 27.6 Å². The average Bonchev–Trinajstić information content (AvgIpc) is 2.77. The number of halogens is 1. The number of nitrogens with zero attached hydrogens (tertiary/aromatic N) is 3. The first-order valence-electron chi connectivity index (χ1n) is 6.88. The van der Waals surface area contributed by atoms with Crippen molar-refractivity contribution in [2.45, 2.75) is 25.7 Å². The van der Waals surface area contributed by atoms with Crippen molar-refractivity contribution in [1.29, 1.82) is 0 Å². The molecule has 6 heteroatoms. The van der Waals surface area contributed by atoms with Gasteiger partial charge in [0.25, 0.3) is 11.8 Å². The highest BCUT2D eigenvalue weighted by Gasteiger charge is 2.18. The van der Waals surface area contributed by atoms with E-state index in [1.165, 1.54) is 25.7 Å². The number of hydrogen-bond donors (Lipinski definition) is 1. The minimum Gasteiger partial charge on any atom is -0.398 e. The summed E-state index contributed by atoms with van der Waals surface area (Å²) < 4.78 is 6.32. The largest absolute Gasteiger partial charge is 0.398 e. The minimum atomic E-state index is 0.475. The molecule has 1 aliphatic heterocycles. The number of nitrogen functional groups attached to an aromatic ring is 1. The summed E-state index contributed by atoms with van der Waals surface area (Å²) >= 11 is 3.43. The molecule has 0 unspecified atom stereocenters. The SMILES string of the molecule is Nc1ccc(Br)cc1-c1nc(N2CCCCCC2)no1. The molecule has 20 heavy (non-hydrogen) atoms. The molecular formula is C14H17BrN4O. The van der Waals surface area contributed by atoms with Crippen molar-refractivity contribution in [2.75, 3.05) is 23.7 Å². The van der Waals surface area contributed by atoms with Gasteiger partial charge in [0, 0.05) is 23.2 Å². The molecule has 2 aromatic rings. The van der Waals surface area contributed by atoms with Crippen molar-refractivity contribution < 1.29 is 4.52 Å². The summed E-state index contributed by atoms with van der Waals surface area (Å²) in [6.45, 7) is 1.99. The van der Waals surface area contributed by atoms with Crippen molar-refractivity contribution in [3.63, 3.8) is 0 Å². The highest BCUT2D eigenvalue weighted by atomic mass is 79.9. The van der Waals surface area contributed by atoms with Crippen LogP contribution in [0.25, 0.3) is 11.5 Å². The van der Waals surface area contributed by atoms with Crippen molar-refractivity contribution in [2.24, 2.45) is 0 Å². The van der Waals surface area contributed by atoms with Crippen molar-refractivity contribution in [3.05, 3.63) is 22.7 Å². The molecule has 1 aliphatic rings. The van der Waals surface area contributed by atoms with Crippen LogP contribution in [-0.2, 0) is 0 Å². The summed E-state index contributed by atoms with van der Waals surface area (Å²) in [4.78, 5) is 6.68. The van der Waals surface area contributed by atoms with Gasteiger partial charge in [-0.05, 0) is 36.2 Å². The molecule has 0 spiro atoms. The molecule has 3 rings (SSSR count). The van der Waals surface area contributed by atoms with Crippen LogP contribution < -0.4 is 10.6 Å². The Kier molecular flexibility index (Phi) is 3.91. The van der Waals surface area contributed by atoms with E-state index in [1.54, 1.807) is 0 Å². The Labute approximate surface area is 126 Å². The van der Waals surface area contributed by atoms with Crippen LogP contribution in [0.4, 0.5) is 11.6 Å². The van der Waals surface area contributed by atoms with Gasteiger partial charge in [0.05, 0.1) is 5.56 Å². The number of aromatic nitrogens is 2. The molecule has 1 aromatic carbocycles. The lowest BCUT2D eigenvalue weighted by Crippen LogP contribution is -2.24. The zero-order valence-electron chi connectivity index (χ0n) is 11.2. The number of nitrogens with two attached hydrogens (primary N) is 1. The smallest absolute Gasteiger partial charge is 0.266 e. The van der Waals surface area contributed by atoms with Crippen LogP contribution in [0.2, 0.25) is 0 Å². The number of rotatable bonds is 2. The van der Waals surface area contributed by atoms with Gasteiger partial charge in [0.15, 0.2) is 0 Å². The van der Waals surface area contributed by atoms with Gasteiger partial charge in [-0.1, -0.05) is 28.8 Å². The third kappa shape index (κ3) is 2.80. The maximum atomic E-state index is 5.97. The van der Waals surface area contributed by atoms with Gasteiger partial charge < -0.3 is 15.2 Å². The maximum absolute atomic E-state index is 5.97. The van der Waals surface area contributed by atoms with Gasteiger partial charge >= 0.3 is 0 Å². The van der Waals surface area contributed by atoms with E-state index in [1.807, 2.05) is 18.2 Å². The van der Waals surface area contributed by atoms with E-state index in [-0.39, 0.29) is 0 Å². The van der Waals surface area contributed by atoms with E-state index in [4.69, 9.17) is 10.3 Å². The number of benzene rings is 1. The fourth-order valence-electron chi connectivity index (χ4n) is 2.44. The van der Waals surface area contributed by atoms with Crippen LogP contribution in [-0.4, -0.2) is 23.2 Å². The summed E-state index contributed by atoms with van der Waals surface area (Å²) in [5.41, 5.74) is 7.38. The molecule has 2 heterocycles. The molecule has 0 amide bonds. The molecule has 1 saturated heterocycles. The van der Waals surface area contributed by atoms with Gasteiger partial charge in [-0.3, -0.25) is 0 Å². The fraction of sp³-hybridized carbons (Fsp3) is 0.429. The van der Waals surface area contributed by atoms with Crippen LogP contribution in [0.3, 0.4) is 0 Å². The normalized spacial score (nSPS) is 16.1. The summed E-state index contributed by atoms with van der Waals surface area (Å²) in [7, 11) is 0. The first-order valence-corrected chi connectivity index (χ1v) is 7.67. The molecule has 0 aliphatic carbocycles. The Bertz CT molecular complexity index is 591. The van der Waals surface area contributed by atoms with E-state index < -0.39 is 0 Å². The molecule has 1 aromatic heterocycles. The molecule has 106 valence electrons. The lowest BCUT2D eigenvalue weighted by atomic mass is 10.2. The number of anilines is 2. The maximum Gasteiger partial charge on any atom is 0.266 e. The van der Waals surface area contributed by atoms with Gasteiger partial charge in [-0.25, -0.2) is 0 Å². The van der Waals surface area contributed by atoms with Crippen LogP contribution in [0.15, 0.2) is 27.2 Å². The van der Waals surface area contributed by atoms with E-state index in [0.717, 1.165) is 23.1 Å². The van der Waals surface area contributed by atoms with Gasteiger partial charge in [0.1, 0.15) is 0 Å².